The third-order valence-electron chi connectivity index (χ3n) is 5.81. The maximum Gasteiger partial charge on any atom is 0.183 e. The largest absolute Gasteiger partial charge is 0.297 e. The summed E-state index contributed by atoms with van der Waals surface area (Å²) in [6.45, 7) is 1.81. The molecule has 1 saturated heterocycles. The minimum atomic E-state index is -3.33. The van der Waals surface area contributed by atoms with E-state index in [-0.39, 0.29) is 11.7 Å². The van der Waals surface area contributed by atoms with Crippen LogP contribution in [0.25, 0.3) is 11.1 Å². The van der Waals surface area contributed by atoms with Crippen LogP contribution in [-0.2, 0) is 23.4 Å². The van der Waals surface area contributed by atoms with Gasteiger partial charge in [0.2, 0.25) is 0 Å². The fourth-order valence-electron chi connectivity index (χ4n) is 4.45. The molecule has 1 fully saturated rings. The van der Waals surface area contributed by atoms with Gasteiger partial charge in [-0.15, -0.1) is 0 Å². The van der Waals surface area contributed by atoms with E-state index in [2.05, 4.69) is 10.00 Å². The van der Waals surface area contributed by atoms with Crippen LogP contribution in [0.1, 0.15) is 17.0 Å². The summed E-state index contributed by atoms with van der Waals surface area (Å²) in [6, 6.07) is 12.0. The van der Waals surface area contributed by atoms with Gasteiger partial charge >= 0.3 is 0 Å². The lowest BCUT2D eigenvalue weighted by Gasteiger charge is -2.17. The van der Waals surface area contributed by atoms with Gasteiger partial charge in [-0.05, 0) is 41.0 Å². The molecule has 0 unspecified atom stereocenters. The quantitative estimate of drug-likeness (QED) is 0.682. The van der Waals surface area contributed by atoms with E-state index < -0.39 is 15.1 Å². The van der Waals surface area contributed by atoms with Gasteiger partial charge in [-0.3, -0.25) is 9.58 Å². The summed E-state index contributed by atoms with van der Waals surface area (Å²) in [7, 11) is -1.47. The Morgan fingerprint density at radius 1 is 1.11 bits per heavy atom. The van der Waals surface area contributed by atoms with Gasteiger partial charge < -0.3 is 0 Å². The van der Waals surface area contributed by atoms with Crippen LogP contribution in [0.2, 0.25) is 0 Å². The lowest BCUT2D eigenvalue weighted by Crippen LogP contribution is -2.25. The first-order valence-electron chi connectivity index (χ1n) is 9.25. The second kappa shape index (κ2) is 6.25. The van der Waals surface area contributed by atoms with E-state index in [1.165, 1.54) is 12.1 Å². The molecular weight excluding hydrogens is 377 g/mol. The average Bonchev–Trinajstić information content (AvgIpc) is 3.34. The molecule has 0 amide bonds. The van der Waals surface area contributed by atoms with Gasteiger partial charge in [0, 0.05) is 44.4 Å². The second-order valence-corrected chi connectivity index (χ2v) is 9.80. The van der Waals surface area contributed by atoms with Crippen molar-refractivity contribution in [3.8, 4) is 11.1 Å². The van der Waals surface area contributed by atoms with Gasteiger partial charge in [0.1, 0.15) is 5.82 Å². The van der Waals surface area contributed by atoms with Gasteiger partial charge in [-0.2, -0.15) is 5.10 Å². The molecule has 2 aromatic carbocycles. The van der Waals surface area contributed by atoms with Crippen molar-refractivity contribution >= 4 is 9.84 Å². The number of aromatic nitrogens is 2. The molecule has 28 heavy (non-hydrogen) atoms. The number of sulfone groups is 1. The summed E-state index contributed by atoms with van der Waals surface area (Å²) >= 11 is 0. The maximum absolute atomic E-state index is 13.1. The molecule has 2 aliphatic heterocycles. The van der Waals surface area contributed by atoms with E-state index in [4.69, 9.17) is 0 Å². The Kier molecular flexibility index (Phi) is 3.93. The fraction of sp³-hybridized carbons (Fsp3) is 0.286. The summed E-state index contributed by atoms with van der Waals surface area (Å²) in [5.41, 5.74) is 3.86. The summed E-state index contributed by atoms with van der Waals surface area (Å²) < 4.78 is 41.0. The molecule has 7 heteroatoms. The molecule has 3 aromatic rings. The Morgan fingerprint density at radius 2 is 1.89 bits per heavy atom. The number of hydrogen-bond donors (Lipinski definition) is 0. The third kappa shape index (κ3) is 2.77. The van der Waals surface area contributed by atoms with Gasteiger partial charge in [0.15, 0.2) is 9.84 Å². The van der Waals surface area contributed by atoms with Crippen LogP contribution in [0.5, 0.6) is 0 Å². The van der Waals surface area contributed by atoms with Gasteiger partial charge in [-0.1, -0.05) is 18.2 Å². The highest BCUT2D eigenvalue weighted by atomic mass is 32.2. The molecule has 0 aliphatic carbocycles. The molecular formula is C21H20FN3O2S. The monoisotopic (exact) mass is 397 g/mol. The predicted molar refractivity (Wildman–Crippen MR) is 104 cm³/mol. The number of fused-ring (bicyclic) bond motifs is 3. The topological polar surface area (TPSA) is 55.2 Å². The van der Waals surface area contributed by atoms with Crippen molar-refractivity contribution in [2.24, 2.45) is 7.05 Å². The Morgan fingerprint density at radius 3 is 2.61 bits per heavy atom. The molecule has 144 valence electrons. The van der Waals surface area contributed by atoms with Crippen LogP contribution in [0.3, 0.4) is 0 Å². The summed E-state index contributed by atoms with van der Waals surface area (Å²) in [6.07, 6.45) is 3.72. The molecule has 0 saturated carbocycles. The molecule has 0 spiro atoms. The zero-order valence-corrected chi connectivity index (χ0v) is 16.2. The highest BCUT2D eigenvalue weighted by Gasteiger charge is 2.50. The summed E-state index contributed by atoms with van der Waals surface area (Å²) in [5, 5.41) is 3.80. The van der Waals surface area contributed by atoms with Gasteiger partial charge in [-0.25, -0.2) is 12.8 Å². The first-order chi connectivity index (χ1) is 13.4. The zero-order valence-electron chi connectivity index (χ0n) is 15.4. The van der Waals surface area contributed by atoms with Crippen molar-refractivity contribution in [3.63, 3.8) is 0 Å². The maximum atomic E-state index is 13.1. The zero-order chi connectivity index (χ0) is 19.5. The number of likely N-dealkylation sites (tertiary alicyclic amines) is 1. The van der Waals surface area contributed by atoms with E-state index >= 15 is 0 Å². The Hall–Kier alpha value is -2.51. The molecule has 2 atom stereocenters. The Balaban J connectivity index is 1.46. The van der Waals surface area contributed by atoms with Crippen LogP contribution in [-0.4, -0.2) is 41.4 Å². The van der Waals surface area contributed by atoms with E-state index in [1.807, 2.05) is 25.4 Å². The van der Waals surface area contributed by atoms with Crippen molar-refractivity contribution in [2.75, 3.05) is 13.1 Å². The molecule has 1 aromatic heterocycles. The standard InChI is InChI=1S/C21H20FN3O2S/c1-24-11-16(9-23-24)15-4-7-20-18(8-15)19-12-25(13-21(19)28(20,26)27)10-14-2-5-17(22)6-3-14/h2-9,11,19,21H,10,12-13H2,1H3/t19-,21-/m1/s1. The fourth-order valence-corrected chi connectivity index (χ4v) is 6.65. The minimum Gasteiger partial charge on any atom is -0.297 e. The lowest BCUT2D eigenvalue weighted by atomic mass is 9.95. The van der Waals surface area contributed by atoms with E-state index in [0.717, 1.165) is 22.3 Å². The van der Waals surface area contributed by atoms with Crippen LogP contribution in [0, 0.1) is 5.82 Å². The number of benzene rings is 2. The molecule has 2 aliphatic rings. The molecule has 5 nitrogen and oxygen atoms in total. The number of aryl methyl sites for hydroxylation is 1. The minimum absolute atomic E-state index is 0.0305. The average molecular weight is 397 g/mol. The molecule has 5 rings (SSSR count). The van der Waals surface area contributed by atoms with Crippen LogP contribution in [0.15, 0.2) is 59.8 Å². The molecule has 0 radical (unpaired) electrons. The SMILES string of the molecule is Cn1cc(-c2ccc3c(c2)[C@H]2CN(Cc4ccc(F)cc4)C[C@H]2S3(=O)=O)cn1. The van der Waals surface area contributed by atoms with E-state index in [9.17, 15) is 12.8 Å². The first kappa shape index (κ1) is 17.6. The van der Waals surface area contributed by atoms with Gasteiger partial charge in [0.05, 0.1) is 16.3 Å². The third-order valence-corrected chi connectivity index (χ3v) is 8.07. The van der Waals surface area contributed by atoms with E-state index in [0.29, 0.717) is 24.5 Å². The smallest absolute Gasteiger partial charge is 0.183 e. The molecule has 0 N–H and O–H groups in total. The Bertz CT molecular complexity index is 1150. The van der Waals surface area contributed by atoms with E-state index in [1.54, 1.807) is 29.1 Å². The summed E-state index contributed by atoms with van der Waals surface area (Å²) in [5.74, 6) is -0.293. The number of hydrogen-bond acceptors (Lipinski definition) is 4. The highest BCUT2D eigenvalue weighted by Crippen LogP contribution is 2.46. The normalized spacial score (nSPS) is 22.9. The number of nitrogens with zero attached hydrogens (tertiary/aromatic N) is 3. The molecule has 3 heterocycles. The highest BCUT2D eigenvalue weighted by molar-refractivity contribution is 7.92. The van der Waals surface area contributed by atoms with Crippen LogP contribution < -0.4 is 0 Å². The van der Waals surface area contributed by atoms with Crippen molar-refractivity contribution in [1.29, 1.82) is 0 Å². The number of halogens is 1. The lowest BCUT2D eigenvalue weighted by molar-refractivity contribution is 0.325. The van der Waals surface area contributed by atoms with Crippen molar-refractivity contribution in [2.45, 2.75) is 22.6 Å². The molecule has 0 bridgehead atoms. The second-order valence-electron chi connectivity index (χ2n) is 7.67. The first-order valence-corrected chi connectivity index (χ1v) is 10.8. The number of rotatable bonds is 3. The predicted octanol–water partition coefficient (Wildman–Crippen LogP) is 2.98. The van der Waals surface area contributed by atoms with Gasteiger partial charge in [0.25, 0.3) is 0 Å². The Labute approximate surface area is 163 Å². The van der Waals surface area contributed by atoms with Crippen molar-refractivity contribution < 1.29 is 12.8 Å². The van der Waals surface area contributed by atoms with Crippen molar-refractivity contribution in [3.05, 3.63) is 71.8 Å². The van der Waals surface area contributed by atoms with Crippen molar-refractivity contribution in [1.82, 2.24) is 14.7 Å². The van der Waals surface area contributed by atoms with Crippen LogP contribution >= 0.6 is 0 Å². The van der Waals surface area contributed by atoms with Crippen LogP contribution in [0.4, 0.5) is 4.39 Å². The summed E-state index contributed by atoms with van der Waals surface area (Å²) in [4.78, 5) is 2.62.